The normalized spacial score (nSPS) is 15.0. The Morgan fingerprint density at radius 1 is 1.19 bits per heavy atom. The molecule has 0 bridgehead atoms. The molecule has 1 aliphatic carbocycles. The van der Waals surface area contributed by atoms with Gasteiger partial charge in [0.25, 0.3) is 11.5 Å². The van der Waals surface area contributed by atoms with Crippen molar-refractivity contribution in [2.45, 2.75) is 44.7 Å². The summed E-state index contributed by atoms with van der Waals surface area (Å²) in [6.45, 7) is 0.272. The van der Waals surface area contributed by atoms with Crippen molar-refractivity contribution < 1.29 is 4.79 Å². The van der Waals surface area contributed by atoms with Gasteiger partial charge in [0.2, 0.25) is 0 Å². The summed E-state index contributed by atoms with van der Waals surface area (Å²) >= 11 is 0. The fourth-order valence-corrected chi connectivity index (χ4v) is 3.59. The van der Waals surface area contributed by atoms with Crippen molar-refractivity contribution in [2.75, 3.05) is 0 Å². The first-order valence-corrected chi connectivity index (χ1v) is 9.26. The molecule has 1 aliphatic rings. The molecule has 2 N–H and O–H groups in total. The predicted octanol–water partition coefficient (Wildman–Crippen LogP) is 2.19. The van der Waals surface area contributed by atoms with E-state index >= 15 is 0 Å². The minimum Gasteiger partial charge on any atom is -0.343 e. The van der Waals surface area contributed by atoms with Crippen molar-refractivity contribution in [2.24, 2.45) is 0 Å². The number of aromatic amines is 1. The van der Waals surface area contributed by atoms with Crippen LogP contribution in [-0.4, -0.2) is 30.5 Å². The predicted molar refractivity (Wildman–Crippen MR) is 99.7 cm³/mol. The Kier molecular flexibility index (Phi) is 4.86. The summed E-state index contributed by atoms with van der Waals surface area (Å²) in [5, 5.41) is 13.8. The molecule has 1 saturated carbocycles. The highest BCUT2D eigenvalue weighted by molar-refractivity contribution is 5.92. The quantitative estimate of drug-likeness (QED) is 0.723. The molecule has 1 aromatic carbocycles. The largest absolute Gasteiger partial charge is 0.343 e. The van der Waals surface area contributed by atoms with Crippen molar-refractivity contribution in [3.8, 4) is 5.69 Å². The fraction of sp³-hybridized carbons (Fsp3) is 0.368. The lowest BCUT2D eigenvalue weighted by Gasteiger charge is -2.23. The van der Waals surface area contributed by atoms with Gasteiger partial charge in [-0.3, -0.25) is 14.7 Å². The lowest BCUT2D eigenvalue weighted by molar-refractivity contribution is 0.0943. The molecule has 0 saturated heterocycles. The second-order valence-corrected chi connectivity index (χ2v) is 6.81. The Balaban J connectivity index is 1.45. The first-order valence-electron chi connectivity index (χ1n) is 9.26. The van der Waals surface area contributed by atoms with Crippen LogP contribution in [0.2, 0.25) is 0 Å². The summed E-state index contributed by atoms with van der Waals surface area (Å²) in [6, 6.07) is 10.8. The number of rotatable bonds is 5. The Morgan fingerprint density at radius 2 is 1.96 bits per heavy atom. The lowest BCUT2D eigenvalue weighted by atomic mass is 9.95. The van der Waals surface area contributed by atoms with Gasteiger partial charge in [0.15, 0.2) is 5.82 Å². The van der Waals surface area contributed by atoms with Crippen molar-refractivity contribution in [1.29, 1.82) is 0 Å². The number of nitrogens with zero attached hydrogens (tertiary/aromatic N) is 4. The third kappa shape index (κ3) is 3.69. The molecule has 0 unspecified atom stereocenters. The zero-order chi connectivity index (χ0) is 18.6. The van der Waals surface area contributed by atoms with Gasteiger partial charge >= 0.3 is 0 Å². The minimum atomic E-state index is -0.347. The number of carbonyl (C=O) groups is 1. The summed E-state index contributed by atoms with van der Waals surface area (Å²) in [4.78, 5) is 24.6. The number of H-pyrrole nitrogens is 1. The highest BCUT2D eigenvalue weighted by Gasteiger charge is 2.19. The zero-order valence-electron chi connectivity index (χ0n) is 15.0. The number of para-hydroxylation sites is 1. The van der Waals surface area contributed by atoms with Crippen molar-refractivity contribution in [3.63, 3.8) is 0 Å². The second-order valence-electron chi connectivity index (χ2n) is 6.81. The lowest BCUT2D eigenvalue weighted by Crippen LogP contribution is -2.26. The average Bonchev–Trinajstić information content (AvgIpc) is 3.34. The van der Waals surface area contributed by atoms with Crippen LogP contribution in [0.1, 0.15) is 54.5 Å². The van der Waals surface area contributed by atoms with Gasteiger partial charge in [-0.2, -0.15) is 0 Å². The number of benzene rings is 1. The number of hydrogen-bond acceptors (Lipinski definition) is 4. The monoisotopic (exact) mass is 366 g/mol. The van der Waals surface area contributed by atoms with E-state index in [-0.39, 0.29) is 23.7 Å². The van der Waals surface area contributed by atoms with Crippen molar-refractivity contribution >= 4 is 5.91 Å². The van der Waals surface area contributed by atoms with Crippen LogP contribution in [0.15, 0.2) is 47.5 Å². The van der Waals surface area contributed by atoms with E-state index in [4.69, 9.17) is 0 Å². The Morgan fingerprint density at radius 3 is 2.74 bits per heavy atom. The van der Waals surface area contributed by atoms with Gasteiger partial charge in [-0.05, 0) is 25.0 Å². The van der Waals surface area contributed by atoms with Gasteiger partial charge in [0.05, 0.1) is 12.2 Å². The molecule has 27 heavy (non-hydrogen) atoms. The smallest absolute Gasteiger partial charge is 0.271 e. The summed E-state index contributed by atoms with van der Waals surface area (Å²) in [7, 11) is 0. The van der Waals surface area contributed by atoms with Gasteiger partial charge in [0, 0.05) is 12.1 Å². The van der Waals surface area contributed by atoms with Crippen molar-refractivity contribution in [1.82, 2.24) is 29.9 Å². The van der Waals surface area contributed by atoms with E-state index in [0.29, 0.717) is 11.7 Å². The Bertz CT molecular complexity index is 966. The van der Waals surface area contributed by atoms with Gasteiger partial charge < -0.3 is 9.88 Å². The first-order chi connectivity index (χ1) is 13.2. The van der Waals surface area contributed by atoms with Gasteiger partial charge in [0.1, 0.15) is 12.0 Å². The molecule has 1 fully saturated rings. The molecule has 0 atom stereocenters. The van der Waals surface area contributed by atoms with Crippen LogP contribution in [-0.2, 0) is 6.54 Å². The summed E-state index contributed by atoms with van der Waals surface area (Å²) in [5.74, 6) is 0.389. The fourth-order valence-electron chi connectivity index (χ4n) is 3.59. The third-order valence-corrected chi connectivity index (χ3v) is 5.00. The number of aromatic nitrogens is 5. The summed E-state index contributed by atoms with van der Waals surface area (Å²) < 4.78 is 3.41. The molecular formula is C19H22N6O2. The molecule has 1 amide bonds. The van der Waals surface area contributed by atoms with Gasteiger partial charge in [-0.15, -0.1) is 10.2 Å². The highest BCUT2D eigenvalue weighted by Crippen LogP contribution is 2.28. The van der Waals surface area contributed by atoms with Crippen LogP contribution < -0.4 is 10.9 Å². The van der Waals surface area contributed by atoms with E-state index in [1.165, 1.54) is 30.0 Å². The SMILES string of the molecule is O=C(NCc1nncn1C1CCCCC1)c1cc(=O)n(-c2ccccc2)[nH]1. The number of hydrogen-bond donors (Lipinski definition) is 2. The molecule has 8 nitrogen and oxygen atoms in total. The molecule has 140 valence electrons. The standard InChI is InChI=1S/C19H22N6O2/c26-18-11-16(23-25(18)15-9-5-2-6-10-15)19(27)20-12-17-22-21-13-24(17)14-7-3-1-4-8-14/h2,5-6,9-11,13-14,23H,1,3-4,7-8,12H2,(H,20,27). The summed E-state index contributed by atoms with van der Waals surface area (Å²) in [5.41, 5.74) is 0.614. The first kappa shape index (κ1) is 17.3. The maximum absolute atomic E-state index is 12.5. The molecule has 0 spiro atoms. The topological polar surface area (TPSA) is 97.6 Å². The Hall–Kier alpha value is -3.16. The Labute approximate surface area is 156 Å². The zero-order valence-corrected chi connectivity index (χ0v) is 15.0. The van der Waals surface area contributed by atoms with Crippen LogP contribution in [0, 0.1) is 0 Å². The average molecular weight is 366 g/mol. The molecule has 4 rings (SSSR count). The molecule has 3 aromatic rings. The molecule has 8 heteroatoms. The minimum absolute atomic E-state index is 0.215. The molecule has 2 heterocycles. The number of carbonyl (C=O) groups excluding carboxylic acids is 1. The van der Waals surface area contributed by atoms with E-state index in [1.54, 1.807) is 18.5 Å². The maximum atomic E-state index is 12.5. The number of nitrogens with one attached hydrogen (secondary N) is 2. The van der Waals surface area contributed by atoms with Gasteiger partial charge in [-0.25, -0.2) is 4.68 Å². The molecule has 2 aromatic heterocycles. The van der Waals surface area contributed by atoms with Crippen LogP contribution in [0.3, 0.4) is 0 Å². The van der Waals surface area contributed by atoms with Gasteiger partial charge in [-0.1, -0.05) is 37.5 Å². The number of amides is 1. The van der Waals surface area contributed by atoms with E-state index < -0.39 is 0 Å². The van der Waals surface area contributed by atoms with Crippen LogP contribution >= 0.6 is 0 Å². The second kappa shape index (κ2) is 7.61. The maximum Gasteiger partial charge on any atom is 0.271 e. The van der Waals surface area contributed by atoms with E-state index in [1.807, 2.05) is 18.2 Å². The third-order valence-electron chi connectivity index (χ3n) is 5.00. The molecule has 0 aliphatic heterocycles. The van der Waals surface area contributed by atoms with E-state index in [2.05, 4.69) is 25.2 Å². The highest BCUT2D eigenvalue weighted by atomic mass is 16.2. The van der Waals surface area contributed by atoms with Crippen molar-refractivity contribution in [3.05, 3.63) is 64.6 Å². The van der Waals surface area contributed by atoms with E-state index in [0.717, 1.165) is 18.7 Å². The van der Waals surface area contributed by atoms with E-state index in [9.17, 15) is 9.59 Å². The van der Waals surface area contributed by atoms with Crippen LogP contribution in [0.25, 0.3) is 5.69 Å². The van der Waals surface area contributed by atoms with Crippen LogP contribution in [0.4, 0.5) is 0 Å². The molecular weight excluding hydrogens is 344 g/mol. The summed E-state index contributed by atoms with van der Waals surface area (Å²) in [6.07, 6.45) is 7.67. The van der Waals surface area contributed by atoms with Crippen LogP contribution in [0.5, 0.6) is 0 Å². The molecule has 0 radical (unpaired) electrons.